The van der Waals surface area contributed by atoms with Crippen molar-refractivity contribution in [2.45, 2.75) is 6.54 Å². The number of carbonyl (C=O) groups is 2. The molecule has 9 nitrogen and oxygen atoms in total. The number of nitrogens with zero attached hydrogens (tertiary/aromatic N) is 4. The summed E-state index contributed by atoms with van der Waals surface area (Å²) in [6.45, 7) is 6.65. The minimum absolute atomic E-state index is 0.186. The average Bonchev–Trinajstić information content (AvgIpc) is 2.84. The van der Waals surface area contributed by atoms with Crippen molar-refractivity contribution in [1.29, 1.82) is 0 Å². The van der Waals surface area contributed by atoms with Gasteiger partial charge < -0.3 is 24.2 Å². The van der Waals surface area contributed by atoms with Gasteiger partial charge in [0, 0.05) is 44.1 Å². The fourth-order valence-corrected chi connectivity index (χ4v) is 3.80. The molecule has 3 heterocycles. The molecule has 0 radical (unpaired) electrons. The lowest BCUT2D eigenvalue weighted by Gasteiger charge is -2.34. The van der Waals surface area contributed by atoms with E-state index in [1.807, 2.05) is 17.0 Å². The number of ether oxygens (including phenoxy) is 2. The number of amides is 1. The van der Waals surface area contributed by atoms with Crippen molar-refractivity contribution in [3.05, 3.63) is 53.9 Å². The second kappa shape index (κ2) is 10.3. The van der Waals surface area contributed by atoms with E-state index in [1.54, 1.807) is 35.5 Å². The number of nitrogens with one attached hydrogen (secondary N) is 1. The quantitative estimate of drug-likeness (QED) is 0.617. The highest BCUT2D eigenvalue weighted by molar-refractivity contribution is 5.91. The third-order valence-corrected chi connectivity index (χ3v) is 5.64. The summed E-state index contributed by atoms with van der Waals surface area (Å²) in [5, 5.41) is 0. The Morgan fingerprint density at radius 2 is 1.68 bits per heavy atom. The van der Waals surface area contributed by atoms with Gasteiger partial charge >= 0.3 is 5.97 Å². The van der Waals surface area contributed by atoms with Gasteiger partial charge in [0.1, 0.15) is 19.6 Å². The maximum Gasteiger partial charge on any atom is 0.338 e. The Labute approximate surface area is 181 Å². The Bertz CT molecular complexity index is 863. The Morgan fingerprint density at radius 3 is 2.35 bits per heavy atom. The molecule has 0 saturated carbocycles. The lowest BCUT2D eigenvalue weighted by molar-refractivity contribution is -0.921. The van der Waals surface area contributed by atoms with Crippen molar-refractivity contribution in [3.8, 4) is 0 Å². The van der Waals surface area contributed by atoms with E-state index in [2.05, 4.69) is 9.97 Å². The number of hydrogen-bond acceptors (Lipinski definition) is 7. The third-order valence-electron chi connectivity index (χ3n) is 5.64. The van der Waals surface area contributed by atoms with Crippen LogP contribution in [0.1, 0.15) is 15.9 Å². The van der Waals surface area contributed by atoms with Crippen LogP contribution < -0.4 is 9.80 Å². The standard InChI is InChI=1S/C22H27N5O4/c28-20(26-8-10-27(11-9-26)22-23-6-1-7-24-22)17-31-21(29)19-4-2-18(3-5-19)16-25-12-14-30-15-13-25/h1-7H,8-17H2/p+1. The Morgan fingerprint density at radius 1 is 1.00 bits per heavy atom. The van der Waals surface area contributed by atoms with Crippen molar-refractivity contribution in [2.24, 2.45) is 0 Å². The molecule has 0 aliphatic carbocycles. The predicted octanol–water partition coefficient (Wildman–Crippen LogP) is -0.603. The minimum atomic E-state index is -0.477. The summed E-state index contributed by atoms with van der Waals surface area (Å²) in [5.74, 6) is 0.00384. The van der Waals surface area contributed by atoms with Crippen LogP contribution in [0.4, 0.5) is 5.95 Å². The number of hydrogen-bond donors (Lipinski definition) is 1. The van der Waals surface area contributed by atoms with Gasteiger partial charge in [-0.2, -0.15) is 0 Å². The normalized spacial score (nSPS) is 17.4. The lowest BCUT2D eigenvalue weighted by Crippen LogP contribution is -3.12. The molecule has 0 atom stereocenters. The van der Waals surface area contributed by atoms with Crippen LogP contribution in [0.5, 0.6) is 0 Å². The SMILES string of the molecule is O=C(OCC(=O)N1CCN(c2ncccn2)CC1)c1ccc(C[NH+]2CCOCC2)cc1. The second-order valence-corrected chi connectivity index (χ2v) is 7.73. The second-order valence-electron chi connectivity index (χ2n) is 7.73. The van der Waals surface area contributed by atoms with E-state index in [0.29, 0.717) is 37.7 Å². The molecule has 0 spiro atoms. The number of anilines is 1. The van der Waals surface area contributed by atoms with Crippen LogP contribution in [0.3, 0.4) is 0 Å². The molecule has 164 valence electrons. The zero-order valence-electron chi connectivity index (χ0n) is 17.5. The van der Waals surface area contributed by atoms with Gasteiger partial charge in [0.2, 0.25) is 5.95 Å². The maximum atomic E-state index is 12.4. The van der Waals surface area contributed by atoms with E-state index in [0.717, 1.165) is 32.8 Å². The largest absolute Gasteiger partial charge is 0.452 e. The average molecular weight is 426 g/mol. The number of piperazine rings is 1. The van der Waals surface area contributed by atoms with Crippen LogP contribution >= 0.6 is 0 Å². The Hall–Kier alpha value is -3.04. The first kappa shape index (κ1) is 21.2. The molecule has 2 fully saturated rings. The Balaban J connectivity index is 1.21. The zero-order chi connectivity index (χ0) is 21.5. The number of carbonyl (C=O) groups excluding carboxylic acids is 2. The van der Waals surface area contributed by atoms with E-state index in [1.165, 1.54) is 10.5 Å². The van der Waals surface area contributed by atoms with Gasteiger partial charge in [0.15, 0.2) is 6.61 Å². The summed E-state index contributed by atoms with van der Waals surface area (Å²) in [6.07, 6.45) is 3.41. The molecule has 31 heavy (non-hydrogen) atoms. The summed E-state index contributed by atoms with van der Waals surface area (Å²) >= 11 is 0. The van der Waals surface area contributed by atoms with Gasteiger partial charge in [-0.25, -0.2) is 14.8 Å². The van der Waals surface area contributed by atoms with Crippen molar-refractivity contribution in [2.75, 3.05) is 64.0 Å². The number of benzene rings is 1. The molecule has 2 aliphatic rings. The first-order valence-corrected chi connectivity index (χ1v) is 10.7. The van der Waals surface area contributed by atoms with Crippen molar-refractivity contribution < 1.29 is 24.0 Å². The number of morpholine rings is 1. The first-order chi connectivity index (χ1) is 15.2. The topological polar surface area (TPSA) is 89.3 Å². The molecule has 0 bridgehead atoms. The highest BCUT2D eigenvalue weighted by atomic mass is 16.5. The zero-order valence-corrected chi connectivity index (χ0v) is 17.5. The fourth-order valence-electron chi connectivity index (χ4n) is 3.80. The Kier molecular flexibility index (Phi) is 7.06. The van der Waals surface area contributed by atoms with Crippen LogP contribution in [-0.4, -0.2) is 85.8 Å². The highest BCUT2D eigenvalue weighted by Gasteiger charge is 2.23. The first-order valence-electron chi connectivity index (χ1n) is 10.7. The molecule has 1 aromatic heterocycles. The lowest BCUT2D eigenvalue weighted by atomic mass is 10.1. The van der Waals surface area contributed by atoms with E-state index < -0.39 is 5.97 Å². The number of rotatable bonds is 6. The summed E-state index contributed by atoms with van der Waals surface area (Å²) in [5.41, 5.74) is 1.63. The fraction of sp³-hybridized carbons (Fsp3) is 0.455. The summed E-state index contributed by atoms with van der Waals surface area (Å²) < 4.78 is 10.6. The van der Waals surface area contributed by atoms with Crippen LogP contribution in [0.2, 0.25) is 0 Å². The van der Waals surface area contributed by atoms with E-state index >= 15 is 0 Å². The molecule has 0 unspecified atom stereocenters. The molecule has 2 saturated heterocycles. The molecule has 2 aromatic rings. The maximum absolute atomic E-state index is 12.4. The van der Waals surface area contributed by atoms with Crippen molar-refractivity contribution >= 4 is 17.8 Å². The molecule has 1 amide bonds. The van der Waals surface area contributed by atoms with Gasteiger partial charge in [-0.3, -0.25) is 4.79 Å². The number of aromatic nitrogens is 2. The number of esters is 1. The van der Waals surface area contributed by atoms with E-state index in [-0.39, 0.29) is 12.5 Å². The predicted molar refractivity (Wildman–Crippen MR) is 113 cm³/mol. The smallest absolute Gasteiger partial charge is 0.338 e. The molecule has 9 heteroatoms. The van der Waals surface area contributed by atoms with Crippen molar-refractivity contribution in [1.82, 2.24) is 14.9 Å². The van der Waals surface area contributed by atoms with Crippen molar-refractivity contribution in [3.63, 3.8) is 0 Å². The van der Waals surface area contributed by atoms with Gasteiger partial charge in [-0.15, -0.1) is 0 Å². The van der Waals surface area contributed by atoms with E-state index in [9.17, 15) is 9.59 Å². The van der Waals surface area contributed by atoms with Gasteiger partial charge in [-0.05, 0) is 18.2 Å². The van der Waals surface area contributed by atoms with Crippen LogP contribution in [-0.2, 0) is 20.8 Å². The van der Waals surface area contributed by atoms with Gasteiger partial charge in [-0.1, -0.05) is 12.1 Å². The molecular formula is C22H28N5O4+. The summed E-state index contributed by atoms with van der Waals surface area (Å²) in [6, 6.07) is 9.20. The molecule has 4 rings (SSSR count). The summed E-state index contributed by atoms with van der Waals surface area (Å²) in [7, 11) is 0. The third kappa shape index (κ3) is 5.77. The number of quaternary nitrogens is 1. The van der Waals surface area contributed by atoms with Crippen LogP contribution in [0.25, 0.3) is 0 Å². The monoisotopic (exact) mass is 426 g/mol. The van der Waals surface area contributed by atoms with Crippen LogP contribution in [0, 0.1) is 0 Å². The highest BCUT2D eigenvalue weighted by Crippen LogP contribution is 2.10. The summed E-state index contributed by atoms with van der Waals surface area (Å²) in [4.78, 5) is 38.5. The van der Waals surface area contributed by atoms with E-state index in [4.69, 9.17) is 9.47 Å². The molecule has 2 aliphatic heterocycles. The van der Waals surface area contributed by atoms with Crippen LogP contribution in [0.15, 0.2) is 42.7 Å². The molecule has 1 N–H and O–H groups in total. The van der Waals surface area contributed by atoms with Gasteiger partial charge in [0.25, 0.3) is 5.91 Å². The minimum Gasteiger partial charge on any atom is -0.452 e. The molecular weight excluding hydrogens is 398 g/mol. The molecule has 1 aromatic carbocycles. The van der Waals surface area contributed by atoms with Gasteiger partial charge in [0.05, 0.1) is 18.8 Å².